The highest BCUT2D eigenvalue weighted by Gasteiger charge is 2.46. The third-order valence-electron chi connectivity index (χ3n) is 4.46. The van der Waals surface area contributed by atoms with Crippen LogP contribution >= 0.6 is 0 Å². The number of methoxy groups -OCH3 is 1. The molecule has 166 valence electrons. The number of aromatic nitrogens is 4. The summed E-state index contributed by atoms with van der Waals surface area (Å²) in [4.78, 5) is 3.78. The van der Waals surface area contributed by atoms with Gasteiger partial charge in [0.15, 0.2) is 22.9 Å². The number of ether oxygens (including phenoxy) is 3. The van der Waals surface area contributed by atoms with E-state index < -0.39 is 32.7 Å². The van der Waals surface area contributed by atoms with Gasteiger partial charge in [0.05, 0.1) is 19.3 Å². The van der Waals surface area contributed by atoms with Crippen molar-refractivity contribution in [3.05, 3.63) is 48.4 Å². The maximum Gasteiger partial charge on any atom is 0.586 e. The second-order valence-corrected chi connectivity index (χ2v) is 8.24. The first-order valence-corrected chi connectivity index (χ1v) is 10.5. The van der Waals surface area contributed by atoms with Crippen LogP contribution in [0.3, 0.4) is 0 Å². The zero-order chi connectivity index (χ0) is 22.5. The van der Waals surface area contributed by atoms with Crippen molar-refractivity contribution < 1.29 is 35.9 Å². The van der Waals surface area contributed by atoms with Crippen molar-refractivity contribution in [2.75, 3.05) is 11.8 Å². The summed E-state index contributed by atoms with van der Waals surface area (Å²) in [7, 11) is -3.09. The number of rotatable bonds is 6. The maximum atomic E-state index is 13.4. The van der Waals surface area contributed by atoms with E-state index in [0.717, 1.165) is 12.1 Å². The van der Waals surface area contributed by atoms with Crippen LogP contribution in [0.1, 0.15) is 5.69 Å². The van der Waals surface area contributed by atoms with E-state index in [9.17, 15) is 17.2 Å². The molecule has 3 aromatic heterocycles. The van der Waals surface area contributed by atoms with Gasteiger partial charge in [-0.3, -0.25) is 9.40 Å². The van der Waals surface area contributed by atoms with Gasteiger partial charge in [-0.05, 0) is 18.2 Å². The Morgan fingerprint density at radius 2 is 2.09 bits per heavy atom. The largest absolute Gasteiger partial charge is 0.586 e. The van der Waals surface area contributed by atoms with Gasteiger partial charge in [-0.2, -0.15) is 5.10 Å². The number of hydrogen-bond acceptors (Lipinski definition) is 9. The van der Waals surface area contributed by atoms with E-state index in [1.807, 2.05) is 0 Å². The quantitative estimate of drug-likeness (QED) is 0.456. The molecule has 0 unspecified atom stereocenters. The molecule has 0 aliphatic carbocycles. The fraction of sp³-hybridized carbons (Fsp3) is 0.167. The van der Waals surface area contributed by atoms with Crippen molar-refractivity contribution in [1.29, 1.82) is 0 Å². The summed E-state index contributed by atoms with van der Waals surface area (Å²) in [6.07, 6.45) is -0.624. The minimum atomic E-state index is -4.43. The average Bonchev–Trinajstić information content (AvgIpc) is 3.45. The number of para-hydroxylation sites is 1. The fourth-order valence-corrected chi connectivity index (χ4v) is 4.32. The lowest BCUT2D eigenvalue weighted by Crippen LogP contribution is -2.26. The Bertz CT molecular complexity index is 1420. The number of halogens is 2. The van der Waals surface area contributed by atoms with Gasteiger partial charge >= 0.3 is 6.29 Å². The van der Waals surface area contributed by atoms with Crippen molar-refractivity contribution in [2.24, 2.45) is 0 Å². The molecule has 0 amide bonds. The lowest BCUT2D eigenvalue weighted by Gasteiger charge is -2.09. The molecule has 0 atom stereocenters. The molecule has 4 heterocycles. The van der Waals surface area contributed by atoms with E-state index in [1.165, 1.54) is 13.2 Å². The number of sulfonamides is 1. The van der Waals surface area contributed by atoms with E-state index in [-0.39, 0.29) is 22.7 Å². The monoisotopic (exact) mass is 465 g/mol. The SMILES string of the molecule is COc1nc(Cn2cccn2)cc2onc(NS(=O)(=O)c3cccc4c3OC(F)(F)O4)c12. The van der Waals surface area contributed by atoms with E-state index in [0.29, 0.717) is 12.2 Å². The van der Waals surface area contributed by atoms with Crippen LogP contribution in [0.5, 0.6) is 17.4 Å². The summed E-state index contributed by atoms with van der Waals surface area (Å²) in [6.45, 7) is 0.308. The van der Waals surface area contributed by atoms with Gasteiger partial charge in [0.1, 0.15) is 10.3 Å². The molecule has 1 aliphatic heterocycles. The standard InChI is InChI=1S/C18H13F2N5O6S/c1-28-17-14-12(8-10(22-17)9-25-7-3-6-21-25)31-23-16(14)24-32(26,27)13-5-2-4-11-15(13)30-18(19,20)29-11/h2-8H,9H2,1H3,(H,23,24). The first-order valence-electron chi connectivity index (χ1n) is 8.98. The Hall–Kier alpha value is -3.94. The zero-order valence-electron chi connectivity index (χ0n) is 16.2. The third kappa shape index (κ3) is 3.43. The third-order valence-corrected chi connectivity index (χ3v) is 5.83. The summed E-state index contributed by atoms with van der Waals surface area (Å²) in [6, 6.07) is 6.80. The van der Waals surface area contributed by atoms with E-state index in [4.69, 9.17) is 9.26 Å². The number of hydrogen-bond donors (Lipinski definition) is 1. The van der Waals surface area contributed by atoms with Crippen molar-refractivity contribution in [3.63, 3.8) is 0 Å². The predicted octanol–water partition coefficient (Wildman–Crippen LogP) is 2.60. The smallest absolute Gasteiger partial charge is 0.480 e. The molecule has 0 fully saturated rings. The Labute approximate surface area is 178 Å². The number of benzene rings is 1. The van der Waals surface area contributed by atoms with Crippen LogP contribution in [0.4, 0.5) is 14.6 Å². The van der Waals surface area contributed by atoms with Gasteiger partial charge in [0.25, 0.3) is 10.0 Å². The van der Waals surface area contributed by atoms with Crippen molar-refractivity contribution in [2.45, 2.75) is 17.7 Å². The van der Waals surface area contributed by atoms with E-state index >= 15 is 0 Å². The predicted molar refractivity (Wildman–Crippen MR) is 103 cm³/mol. The minimum Gasteiger partial charge on any atom is -0.480 e. The van der Waals surface area contributed by atoms with Gasteiger partial charge in [-0.25, -0.2) is 13.4 Å². The highest BCUT2D eigenvalue weighted by Crippen LogP contribution is 2.45. The van der Waals surface area contributed by atoms with Crippen LogP contribution in [0.2, 0.25) is 0 Å². The summed E-state index contributed by atoms with van der Waals surface area (Å²) < 4.78 is 75.8. The Kier molecular flexibility index (Phi) is 4.40. The zero-order valence-corrected chi connectivity index (χ0v) is 17.0. The number of fused-ring (bicyclic) bond motifs is 2. The van der Waals surface area contributed by atoms with Gasteiger partial charge in [0.2, 0.25) is 5.88 Å². The van der Waals surface area contributed by atoms with Crippen molar-refractivity contribution in [3.8, 4) is 17.4 Å². The summed E-state index contributed by atoms with van der Waals surface area (Å²) in [5.41, 5.74) is 0.721. The van der Waals surface area contributed by atoms with Crippen LogP contribution in [-0.2, 0) is 16.6 Å². The molecule has 11 nitrogen and oxygen atoms in total. The lowest BCUT2D eigenvalue weighted by atomic mass is 10.2. The first-order chi connectivity index (χ1) is 15.3. The van der Waals surface area contributed by atoms with Gasteiger partial charge in [0, 0.05) is 18.5 Å². The lowest BCUT2D eigenvalue weighted by molar-refractivity contribution is -0.287. The van der Waals surface area contributed by atoms with Gasteiger partial charge in [-0.15, -0.1) is 8.78 Å². The number of nitrogens with zero attached hydrogens (tertiary/aromatic N) is 4. The maximum absolute atomic E-state index is 13.4. The topological polar surface area (TPSA) is 131 Å². The molecule has 0 saturated heterocycles. The fourth-order valence-electron chi connectivity index (χ4n) is 3.17. The second-order valence-electron chi connectivity index (χ2n) is 6.59. The molecular weight excluding hydrogens is 452 g/mol. The molecule has 5 rings (SSSR count). The average molecular weight is 465 g/mol. The van der Waals surface area contributed by atoms with Crippen LogP contribution in [0, 0.1) is 0 Å². The molecule has 0 saturated carbocycles. The Balaban J connectivity index is 1.52. The number of nitrogens with one attached hydrogen (secondary N) is 1. The highest BCUT2D eigenvalue weighted by molar-refractivity contribution is 7.92. The molecule has 0 spiro atoms. The first kappa shape index (κ1) is 20.0. The van der Waals surface area contributed by atoms with Crippen LogP contribution < -0.4 is 18.9 Å². The molecule has 0 radical (unpaired) electrons. The number of anilines is 1. The molecule has 1 aromatic carbocycles. The Morgan fingerprint density at radius 1 is 1.25 bits per heavy atom. The summed E-state index contributed by atoms with van der Waals surface area (Å²) in [5.74, 6) is -1.22. The van der Waals surface area contributed by atoms with Crippen LogP contribution in [0.25, 0.3) is 11.0 Å². The molecule has 1 N–H and O–H groups in total. The number of pyridine rings is 1. The minimum absolute atomic E-state index is 0.0491. The molecule has 4 aromatic rings. The molecular formula is C18H13F2N5O6S. The normalized spacial score (nSPS) is 14.6. The Morgan fingerprint density at radius 3 is 2.84 bits per heavy atom. The van der Waals surface area contributed by atoms with Crippen molar-refractivity contribution >= 4 is 26.8 Å². The van der Waals surface area contributed by atoms with E-state index in [2.05, 4.69) is 29.4 Å². The summed E-state index contributed by atoms with van der Waals surface area (Å²) >= 11 is 0. The van der Waals surface area contributed by atoms with Crippen molar-refractivity contribution in [1.82, 2.24) is 19.9 Å². The van der Waals surface area contributed by atoms with Crippen LogP contribution in [0.15, 0.2) is 52.1 Å². The number of alkyl halides is 2. The molecule has 14 heteroatoms. The highest BCUT2D eigenvalue weighted by atomic mass is 32.2. The van der Waals surface area contributed by atoms with Gasteiger partial charge in [-0.1, -0.05) is 11.2 Å². The summed E-state index contributed by atoms with van der Waals surface area (Å²) in [5, 5.41) is 7.99. The van der Waals surface area contributed by atoms with Gasteiger partial charge < -0.3 is 18.7 Å². The van der Waals surface area contributed by atoms with E-state index in [1.54, 1.807) is 29.2 Å². The second kappa shape index (κ2) is 7.05. The molecule has 0 bridgehead atoms. The van der Waals surface area contributed by atoms with Crippen LogP contribution in [-0.4, -0.2) is 41.7 Å². The molecule has 1 aliphatic rings. The molecule has 32 heavy (non-hydrogen) atoms.